The molecule has 100 valence electrons. The van der Waals surface area contributed by atoms with Crippen molar-refractivity contribution in [3.05, 3.63) is 21.4 Å². The van der Waals surface area contributed by atoms with E-state index < -0.39 is 26.3 Å². The molecule has 0 bridgehead atoms. The monoisotopic (exact) mass is 356 g/mol. The van der Waals surface area contributed by atoms with Gasteiger partial charge in [0.25, 0.3) is 0 Å². The third-order valence-corrected chi connectivity index (χ3v) is 5.85. The Labute approximate surface area is 118 Å². The molecule has 0 aromatic heterocycles. The summed E-state index contributed by atoms with van der Waals surface area (Å²) in [6.07, 6.45) is 1.46. The fourth-order valence-corrected chi connectivity index (χ4v) is 3.61. The first-order chi connectivity index (χ1) is 8.16. The van der Waals surface area contributed by atoms with Crippen LogP contribution in [0, 0.1) is 5.82 Å². The van der Waals surface area contributed by atoms with Gasteiger partial charge >= 0.3 is 0 Å². The molecular formula is C10H11BrClFN2O2S. The maximum atomic E-state index is 13.9. The molecular weight excluding hydrogens is 347 g/mol. The van der Waals surface area contributed by atoms with Gasteiger partial charge in [-0.1, -0.05) is 11.6 Å². The highest BCUT2D eigenvalue weighted by atomic mass is 79.9. The highest BCUT2D eigenvalue weighted by Crippen LogP contribution is 2.38. The number of nitrogen functional groups attached to an aromatic ring is 1. The minimum atomic E-state index is -3.96. The first-order valence-electron chi connectivity index (χ1n) is 5.13. The van der Waals surface area contributed by atoms with Crippen LogP contribution in [0.15, 0.2) is 15.4 Å². The van der Waals surface area contributed by atoms with Crippen LogP contribution in [0.2, 0.25) is 5.02 Å². The van der Waals surface area contributed by atoms with Crippen molar-refractivity contribution >= 4 is 43.2 Å². The van der Waals surface area contributed by atoms with Gasteiger partial charge in [0.05, 0.1) is 15.2 Å². The van der Waals surface area contributed by atoms with E-state index in [4.69, 9.17) is 17.3 Å². The molecule has 4 nitrogen and oxygen atoms in total. The van der Waals surface area contributed by atoms with Crippen LogP contribution >= 0.6 is 27.5 Å². The number of rotatable bonds is 3. The van der Waals surface area contributed by atoms with Gasteiger partial charge in [-0.3, -0.25) is 0 Å². The molecule has 1 aromatic rings. The van der Waals surface area contributed by atoms with Crippen LogP contribution in [0.4, 0.5) is 10.1 Å². The molecule has 0 heterocycles. The quantitative estimate of drug-likeness (QED) is 0.645. The summed E-state index contributed by atoms with van der Waals surface area (Å²) in [5, 5.41) is 0.0511. The van der Waals surface area contributed by atoms with E-state index in [1.54, 1.807) is 6.92 Å². The third kappa shape index (κ3) is 2.49. The Morgan fingerprint density at radius 2 is 2.11 bits per heavy atom. The Morgan fingerprint density at radius 3 is 2.61 bits per heavy atom. The molecule has 0 unspecified atom stereocenters. The number of anilines is 1. The van der Waals surface area contributed by atoms with Crippen LogP contribution in [-0.4, -0.2) is 14.0 Å². The molecule has 8 heteroatoms. The molecule has 0 aliphatic heterocycles. The smallest absolute Gasteiger partial charge is 0.244 e. The lowest BCUT2D eigenvalue weighted by Crippen LogP contribution is -2.34. The van der Waals surface area contributed by atoms with Crippen molar-refractivity contribution in [2.45, 2.75) is 30.2 Å². The molecule has 3 N–H and O–H groups in total. The Hall–Kier alpha value is -0.370. The first kappa shape index (κ1) is 14.0. The average Bonchev–Trinajstić information content (AvgIpc) is 2.97. The average molecular weight is 358 g/mol. The lowest BCUT2D eigenvalue weighted by atomic mass is 10.3. The van der Waals surface area contributed by atoms with E-state index >= 15 is 0 Å². The van der Waals surface area contributed by atoms with Crippen molar-refractivity contribution < 1.29 is 12.8 Å². The molecule has 0 spiro atoms. The first-order valence-corrected chi connectivity index (χ1v) is 7.79. The van der Waals surface area contributed by atoms with Gasteiger partial charge in [0.15, 0.2) is 5.82 Å². The van der Waals surface area contributed by atoms with E-state index in [1.165, 1.54) is 0 Å². The third-order valence-electron chi connectivity index (χ3n) is 2.83. The largest absolute Gasteiger partial charge is 0.395 e. The van der Waals surface area contributed by atoms with Crippen LogP contribution in [0.3, 0.4) is 0 Å². The van der Waals surface area contributed by atoms with Gasteiger partial charge in [0.1, 0.15) is 4.90 Å². The Bertz CT molecular complexity index is 617. The van der Waals surface area contributed by atoms with E-state index in [0.29, 0.717) is 0 Å². The van der Waals surface area contributed by atoms with Crippen LogP contribution in [-0.2, 0) is 10.0 Å². The SMILES string of the molecule is CC1(NS(=O)(=O)c2cc(Cl)c(Br)c(N)c2F)CC1. The second-order valence-corrected chi connectivity index (χ2v) is 7.42. The van der Waals surface area contributed by atoms with Crippen molar-refractivity contribution in [2.24, 2.45) is 0 Å². The highest BCUT2D eigenvalue weighted by Gasteiger charge is 2.42. The van der Waals surface area contributed by atoms with E-state index in [0.717, 1.165) is 18.9 Å². The molecule has 0 radical (unpaired) electrons. The van der Waals surface area contributed by atoms with Crippen molar-refractivity contribution in [2.75, 3.05) is 5.73 Å². The number of nitrogens with two attached hydrogens (primary N) is 1. The lowest BCUT2D eigenvalue weighted by molar-refractivity contribution is 0.541. The predicted molar refractivity (Wildman–Crippen MR) is 71.5 cm³/mol. The molecule has 1 aromatic carbocycles. The fourth-order valence-electron chi connectivity index (χ4n) is 1.46. The van der Waals surface area contributed by atoms with Gasteiger partial charge in [-0.2, -0.15) is 0 Å². The van der Waals surface area contributed by atoms with Gasteiger partial charge < -0.3 is 5.73 Å². The molecule has 2 rings (SSSR count). The Balaban J connectivity index is 2.51. The minimum absolute atomic E-state index is 0.0511. The van der Waals surface area contributed by atoms with E-state index in [9.17, 15) is 12.8 Å². The van der Waals surface area contributed by atoms with Gasteiger partial charge in [-0.25, -0.2) is 17.5 Å². The molecule has 18 heavy (non-hydrogen) atoms. The molecule has 0 saturated heterocycles. The number of hydrogen-bond donors (Lipinski definition) is 2. The number of benzene rings is 1. The zero-order chi connectivity index (χ0) is 13.7. The number of sulfonamides is 1. The molecule has 1 saturated carbocycles. The van der Waals surface area contributed by atoms with Crippen molar-refractivity contribution in [1.29, 1.82) is 0 Å². The second-order valence-electron chi connectivity index (χ2n) is 4.56. The summed E-state index contributed by atoms with van der Waals surface area (Å²) in [7, 11) is -3.96. The summed E-state index contributed by atoms with van der Waals surface area (Å²) in [6, 6.07) is 1.05. The molecule has 1 aliphatic rings. The van der Waals surface area contributed by atoms with E-state index in [2.05, 4.69) is 20.7 Å². The van der Waals surface area contributed by atoms with Gasteiger partial charge in [0, 0.05) is 5.54 Å². The minimum Gasteiger partial charge on any atom is -0.395 e. The predicted octanol–water partition coefficient (Wildman–Crippen LogP) is 2.65. The van der Waals surface area contributed by atoms with Crippen LogP contribution in [0.5, 0.6) is 0 Å². The number of hydrogen-bond acceptors (Lipinski definition) is 3. The zero-order valence-electron chi connectivity index (χ0n) is 9.43. The van der Waals surface area contributed by atoms with Gasteiger partial charge in [-0.15, -0.1) is 0 Å². The number of nitrogens with one attached hydrogen (secondary N) is 1. The van der Waals surface area contributed by atoms with E-state index in [-0.39, 0.29) is 15.2 Å². The fraction of sp³-hybridized carbons (Fsp3) is 0.400. The topological polar surface area (TPSA) is 72.2 Å². The van der Waals surface area contributed by atoms with Crippen LogP contribution in [0.1, 0.15) is 19.8 Å². The summed E-state index contributed by atoms with van der Waals surface area (Å²) in [5.41, 5.74) is 4.66. The normalized spacial score (nSPS) is 17.8. The molecule has 1 fully saturated rings. The molecule has 1 aliphatic carbocycles. The van der Waals surface area contributed by atoms with Gasteiger partial charge in [0.2, 0.25) is 10.0 Å². The lowest BCUT2D eigenvalue weighted by Gasteiger charge is -2.14. The summed E-state index contributed by atoms with van der Waals surface area (Å²) >= 11 is 8.79. The van der Waals surface area contributed by atoms with Crippen molar-refractivity contribution in [1.82, 2.24) is 4.72 Å². The summed E-state index contributed by atoms with van der Waals surface area (Å²) in [4.78, 5) is -0.527. The Morgan fingerprint density at radius 1 is 1.56 bits per heavy atom. The van der Waals surface area contributed by atoms with Crippen LogP contribution < -0.4 is 10.5 Å². The summed E-state index contributed by atoms with van der Waals surface area (Å²) in [5.74, 6) is -0.997. The van der Waals surface area contributed by atoms with Crippen molar-refractivity contribution in [3.8, 4) is 0 Å². The molecule has 0 amide bonds. The van der Waals surface area contributed by atoms with Gasteiger partial charge in [-0.05, 0) is 41.8 Å². The zero-order valence-corrected chi connectivity index (χ0v) is 12.6. The highest BCUT2D eigenvalue weighted by molar-refractivity contribution is 9.10. The second kappa shape index (κ2) is 4.33. The maximum absolute atomic E-state index is 13.9. The van der Waals surface area contributed by atoms with Crippen molar-refractivity contribution in [3.63, 3.8) is 0 Å². The van der Waals surface area contributed by atoms with Crippen LogP contribution in [0.25, 0.3) is 0 Å². The maximum Gasteiger partial charge on any atom is 0.244 e. The number of halogens is 3. The standard InChI is InChI=1S/C10H11BrClFN2O2S/c1-10(2-3-10)15-18(16,17)6-4-5(12)7(11)9(14)8(6)13/h4,15H,2-3,14H2,1H3. The molecule has 0 atom stereocenters. The van der Waals surface area contributed by atoms with E-state index in [1.807, 2.05) is 0 Å². The summed E-state index contributed by atoms with van der Waals surface area (Å²) < 4.78 is 40.6. The Kier molecular flexibility index (Phi) is 3.38. The summed E-state index contributed by atoms with van der Waals surface area (Å²) in [6.45, 7) is 1.76.